The number of tetrazole rings is 1. The summed E-state index contributed by atoms with van der Waals surface area (Å²) in [6.07, 6.45) is 0.906. The lowest BCUT2D eigenvalue weighted by Crippen LogP contribution is -2.48. The van der Waals surface area contributed by atoms with Gasteiger partial charge in [0.05, 0.1) is 6.54 Å². The van der Waals surface area contributed by atoms with Crippen molar-refractivity contribution in [3.8, 4) is 0 Å². The van der Waals surface area contributed by atoms with Crippen LogP contribution in [0.1, 0.15) is 19.2 Å². The molecule has 26 heavy (non-hydrogen) atoms. The molecule has 0 spiro atoms. The summed E-state index contributed by atoms with van der Waals surface area (Å²) >= 11 is 0. The van der Waals surface area contributed by atoms with Crippen molar-refractivity contribution in [2.45, 2.75) is 31.3 Å². The zero-order valence-corrected chi connectivity index (χ0v) is 15.2. The van der Waals surface area contributed by atoms with Crippen LogP contribution in [0.3, 0.4) is 0 Å². The molecule has 0 radical (unpaired) electrons. The van der Waals surface area contributed by atoms with Crippen LogP contribution in [0.4, 0.5) is 8.78 Å². The fourth-order valence-electron chi connectivity index (χ4n) is 2.86. The van der Waals surface area contributed by atoms with E-state index in [1.165, 1.54) is 4.31 Å². The lowest BCUT2D eigenvalue weighted by atomic mass is 10.3. The van der Waals surface area contributed by atoms with Gasteiger partial charge in [-0.05, 0) is 35.0 Å². The maximum absolute atomic E-state index is 13.9. The highest BCUT2D eigenvalue weighted by Crippen LogP contribution is 2.22. The van der Waals surface area contributed by atoms with Crippen molar-refractivity contribution in [3.63, 3.8) is 0 Å². The van der Waals surface area contributed by atoms with E-state index in [9.17, 15) is 17.2 Å². The third kappa shape index (κ3) is 3.89. The van der Waals surface area contributed by atoms with Gasteiger partial charge in [0, 0.05) is 32.7 Å². The molecule has 0 unspecified atom stereocenters. The van der Waals surface area contributed by atoms with Gasteiger partial charge in [-0.2, -0.15) is 4.31 Å². The van der Waals surface area contributed by atoms with Crippen molar-refractivity contribution < 1.29 is 17.2 Å². The molecule has 1 aromatic heterocycles. The molecule has 1 fully saturated rings. The molecule has 142 valence electrons. The van der Waals surface area contributed by atoms with Crippen molar-refractivity contribution in [2.75, 3.05) is 26.2 Å². The van der Waals surface area contributed by atoms with Gasteiger partial charge >= 0.3 is 0 Å². The molecule has 1 aromatic carbocycles. The molecule has 0 bridgehead atoms. The Balaban J connectivity index is 1.66. The van der Waals surface area contributed by atoms with Crippen LogP contribution >= 0.6 is 0 Å². The van der Waals surface area contributed by atoms with E-state index in [4.69, 9.17) is 0 Å². The van der Waals surface area contributed by atoms with E-state index in [-0.39, 0.29) is 13.1 Å². The average Bonchev–Trinajstić information content (AvgIpc) is 3.05. The fraction of sp³-hybridized carbons (Fsp3) is 0.533. The van der Waals surface area contributed by atoms with Gasteiger partial charge in [0.2, 0.25) is 10.0 Å². The molecule has 0 atom stereocenters. The summed E-state index contributed by atoms with van der Waals surface area (Å²) in [5.74, 6) is -1.02. The minimum atomic E-state index is -4.07. The average molecular weight is 386 g/mol. The predicted molar refractivity (Wildman–Crippen MR) is 88.5 cm³/mol. The van der Waals surface area contributed by atoms with Crippen LogP contribution in [0.15, 0.2) is 23.1 Å². The van der Waals surface area contributed by atoms with Crippen LogP contribution in [-0.2, 0) is 23.1 Å². The number of piperazine rings is 1. The molecular weight excluding hydrogens is 366 g/mol. The smallest absolute Gasteiger partial charge is 0.246 e. The number of hydrogen-bond donors (Lipinski definition) is 0. The Bertz CT molecular complexity index is 865. The summed E-state index contributed by atoms with van der Waals surface area (Å²) in [4.78, 5) is 1.41. The largest absolute Gasteiger partial charge is 0.293 e. The van der Waals surface area contributed by atoms with Gasteiger partial charge in [0.1, 0.15) is 16.5 Å². The standard InChI is InChI=1S/C15H20F2N6O2S/c1-2-5-23-15(18-19-20-23)11-21-6-8-22(9-7-21)26(24,25)14-10-12(16)3-4-13(14)17/h3-4,10H,2,5-9,11H2,1H3. The second kappa shape index (κ2) is 7.72. The molecule has 1 saturated heterocycles. The highest BCUT2D eigenvalue weighted by Gasteiger charge is 2.31. The first-order chi connectivity index (χ1) is 12.4. The zero-order chi connectivity index (χ0) is 18.7. The number of hydrogen-bond acceptors (Lipinski definition) is 6. The minimum Gasteiger partial charge on any atom is -0.293 e. The summed E-state index contributed by atoms with van der Waals surface area (Å²) in [6.45, 7) is 4.54. The van der Waals surface area contributed by atoms with Gasteiger partial charge in [0.15, 0.2) is 5.82 Å². The first-order valence-corrected chi connectivity index (χ1v) is 9.78. The van der Waals surface area contributed by atoms with Gasteiger partial charge in [-0.3, -0.25) is 4.90 Å². The number of aromatic nitrogens is 4. The molecule has 11 heteroatoms. The number of rotatable bonds is 6. The minimum absolute atomic E-state index is 0.188. The number of aryl methyl sites for hydroxylation is 1. The first-order valence-electron chi connectivity index (χ1n) is 8.34. The van der Waals surface area contributed by atoms with Gasteiger partial charge in [0.25, 0.3) is 0 Å². The van der Waals surface area contributed by atoms with E-state index in [0.29, 0.717) is 19.6 Å². The topological polar surface area (TPSA) is 84.2 Å². The maximum atomic E-state index is 13.9. The van der Waals surface area contributed by atoms with E-state index in [2.05, 4.69) is 15.5 Å². The molecule has 0 N–H and O–H groups in total. The molecule has 2 heterocycles. The summed E-state index contributed by atoms with van der Waals surface area (Å²) in [5, 5.41) is 11.6. The van der Waals surface area contributed by atoms with Gasteiger partial charge in [-0.25, -0.2) is 21.9 Å². The van der Waals surface area contributed by atoms with Crippen LogP contribution < -0.4 is 0 Å². The molecule has 3 rings (SSSR count). The molecule has 0 aliphatic carbocycles. The van der Waals surface area contributed by atoms with Crippen LogP contribution in [0.25, 0.3) is 0 Å². The van der Waals surface area contributed by atoms with Gasteiger partial charge < -0.3 is 0 Å². The normalized spacial score (nSPS) is 16.9. The van der Waals surface area contributed by atoms with Crippen molar-refractivity contribution in [3.05, 3.63) is 35.7 Å². The second-order valence-electron chi connectivity index (χ2n) is 6.07. The van der Waals surface area contributed by atoms with Crippen molar-refractivity contribution in [2.24, 2.45) is 0 Å². The molecule has 0 saturated carbocycles. The van der Waals surface area contributed by atoms with E-state index in [1.54, 1.807) is 4.68 Å². The van der Waals surface area contributed by atoms with Crippen LogP contribution in [0, 0.1) is 11.6 Å². The number of sulfonamides is 1. The number of nitrogens with zero attached hydrogens (tertiary/aromatic N) is 6. The summed E-state index contributed by atoms with van der Waals surface area (Å²) in [6, 6.07) is 2.44. The quantitative estimate of drug-likeness (QED) is 0.732. The second-order valence-corrected chi connectivity index (χ2v) is 7.98. The third-order valence-electron chi connectivity index (χ3n) is 4.25. The van der Waals surface area contributed by atoms with Gasteiger partial charge in [-0.15, -0.1) is 5.10 Å². The molecule has 2 aromatic rings. The highest BCUT2D eigenvalue weighted by molar-refractivity contribution is 7.89. The van der Waals surface area contributed by atoms with E-state index < -0.39 is 26.6 Å². The Morgan fingerprint density at radius 2 is 1.88 bits per heavy atom. The Hall–Kier alpha value is -1.98. The number of benzene rings is 1. The SMILES string of the molecule is CCCn1nnnc1CN1CCN(S(=O)(=O)c2cc(F)ccc2F)CC1. The van der Waals surface area contributed by atoms with Gasteiger partial charge in [-0.1, -0.05) is 6.92 Å². The first kappa shape index (κ1) is 18.8. The van der Waals surface area contributed by atoms with E-state index >= 15 is 0 Å². The molecule has 1 aliphatic heterocycles. The molecule has 8 nitrogen and oxygen atoms in total. The zero-order valence-electron chi connectivity index (χ0n) is 14.3. The van der Waals surface area contributed by atoms with Crippen LogP contribution in [-0.4, -0.2) is 64.0 Å². The molecule has 1 aliphatic rings. The highest BCUT2D eigenvalue weighted by atomic mass is 32.2. The predicted octanol–water partition coefficient (Wildman–Crippen LogP) is 0.868. The number of halogens is 2. The monoisotopic (exact) mass is 386 g/mol. The lowest BCUT2D eigenvalue weighted by molar-refractivity contribution is 0.175. The van der Waals surface area contributed by atoms with Crippen molar-refractivity contribution in [1.82, 2.24) is 29.4 Å². The van der Waals surface area contributed by atoms with Crippen molar-refractivity contribution >= 4 is 10.0 Å². The summed E-state index contributed by atoms with van der Waals surface area (Å²) < 4.78 is 55.3. The van der Waals surface area contributed by atoms with Crippen LogP contribution in [0.2, 0.25) is 0 Å². The lowest BCUT2D eigenvalue weighted by Gasteiger charge is -2.33. The van der Waals surface area contributed by atoms with E-state index in [1.807, 2.05) is 11.8 Å². The summed E-state index contributed by atoms with van der Waals surface area (Å²) in [5.41, 5.74) is 0. The Morgan fingerprint density at radius 1 is 1.15 bits per heavy atom. The Labute approximate surface area is 150 Å². The Kier molecular flexibility index (Phi) is 5.58. The molecular formula is C15H20F2N6O2S. The fourth-order valence-corrected chi connectivity index (χ4v) is 4.36. The van der Waals surface area contributed by atoms with Crippen molar-refractivity contribution in [1.29, 1.82) is 0 Å². The van der Waals surface area contributed by atoms with E-state index in [0.717, 1.165) is 37.0 Å². The third-order valence-corrected chi connectivity index (χ3v) is 6.16. The summed E-state index contributed by atoms with van der Waals surface area (Å²) in [7, 11) is -4.07. The Morgan fingerprint density at radius 3 is 2.58 bits per heavy atom. The maximum Gasteiger partial charge on any atom is 0.246 e. The molecule has 0 amide bonds. The van der Waals surface area contributed by atoms with Crippen LogP contribution in [0.5, 0.6) is 0 Å².